The number of ether oxygens (including phenoxy) is 1. The molecule has 0 fully saturated rings. The summed E-state index contributed by atoms with van der Waals surface area (Å²) >= 11 is 3.29. The summed E-state index contributed by atoms with van der Waals surface area (Å²) in [4.78, 5) is 24.6. The molecule has 1 aliphatic rings. The first-order valence-corrected chi connectivity index (χ1v) is 7.67. The van der Waals surface area contributed by atoms with E-state index in [0.717, 1.165) is 5.56 Å². The lowest BCUT2D eigenvalue weighted by Gasteiger charge is -2.38. The van der Waals surface area contributed by atoms with Gasteiger partial charge in [-0.15, -0.1) is 0 Å². The number of rotatable bonds is 2. The number of nitro benzene ring substituents is 1. The van der Waals surface area contributed by atoms with Gasteiger partial charge < -0.3 is 4.74 Å². The van der Waals surface area contributed by atoms with E-state index in [1.807, 2.05) is 12.1 Å². The highest BCUT2D eigenvalue weighted by molar-refractivity contribution is 9.10. The van der Waals surface area contributed by atoms with Crippen molar-refractivity contribution in [2.45, 2.75) is 19.4 Å². The maximum Gasteiger partial charge on any atom is 0.420 e. The molecule has 0 unspecified atom stereocenters. The van der Waals surface area contributed by atoms with Gasteiger partial charge in [0, 0.05) is 16.1 Å². The minimum atomic E-state index is -0.801. The standard InChI is InChI=1S/C16H13BrN2O4/c1-16(2)11-5-3-4-6-12(11)18(15(20)23-16)14-9-10(17)7-8-13(14)19(21)22/h3-9H,1-2H3. The van der Waals surface area contributed by atoms with Crippen molar-refractivity contribution in [1.29, 1.82) is 0 Å². The fourth-order valence-electron chi connectivity index (χ4n) is 2.65. The number of para-hydroxylation sites is 1. The summed E-state index contributed by atoms with van der Waals surface area (Å²) in [5, 5.41) is 11.3. The van der Waals surface area contributed by atoms with E-state index >= 15 is 0 Å². The number of hydrogen-bond donors (Lipinski definition) is 0. The molecule has 0 saturated carbocycles. The molecule has 0 atom stereocenters. The first-order chi connectivity index (χ1) is 10.8. The van der Waals surface area contributed by atoms with Gasteiger partial charge in [0.15, 0.2) is 0 Å². The molecule has 23 heavy (non-hydrogen) atoms. The van der Waals surface area contributed by atoms with Crippen LogP contribution < -0.4 is 4.90 Å². The van der Waals surface area contributed by atoms with Crippen LogP contribution in [0.1, 0.15) is 19.4 Å². The van der Waals surface area contributed by atoms with Crippen molar-refractivity contribution in [3.63, 3.8) is 0 Å². The third kappa shape index (κ3) is 2.57. The van der Waals surface area contributed by atoms with Crippen LogP contribution in [0.15, 0.2) is 46.9 Å². The van der Waals surface area contributed by atoms with Crippen LogP contribution in [0.5, 0.6) is 0 Å². The number of fused-ring (bicyclic) bond motifs is 1. The van der Waals surface area contributed by atoms with Gasteiger partial charge in [-0.2, -0.15) is 0 Å². The lowest BCUT2D eigenvalue weighted by molar-refractivity contribution is -0.384. The Bertz CT molecular complexity index is 819. The Morgan fingerprint density at radius 3 is 2.57 bits per heavy atom. The van der Waals surface area contributed by atoms with Gasteiger partial charge in [0.1, 0.15) is 11.3 Å². The zero-order chi connectivity index (χ0) is 16.8. The van der Waals surface area contributed by atoms with E-state index in [-0.39, 0.29) is 11.4 Å². The van der Waals surface area contributed by atoms with Crippen molar-refractivity contribution in [2.75, 3.05) is 4.90 Å². The molecule has 0 radical (unpaired) electrons. The Kier molecular flexibility index (Phi) is 3.60. The number of anilines is 2. The van der Waals surface area contributed by atoms with Gasteiger partial charge in [-0.1, -0.05) is 34.1 Å². The zero-order valence-corrected chi connectivity index (χ0v) is 14.0. The average Bonchev–Trinajstić information content (AvgIpc) is 2.46. The molecule has 118 valence electrons. The van der Waals surface area contributed by atoms with Crippen molar-refractivity contribution in [1.82, 2.24) is 0 Å². The molecule has 3 rings (SSSR count). The third-order valence-corrected chi connectivity index (χ3v) is 4.19. The molecule has 1 heterocycles. The van der Waals surface area contributed by atoms with Crippen molar-refractivity contribution in [2.24, 2.45) is 0 Å². The normalized spacial score (nSPS) is 15.8. The molecule has 6 nitrogen and oxygen atoms in total. The van der Waals surface area contributed by atoms with E-state index in [1.54, 1.807) is 32.0 Å². The van der Waals surface area contributed by atoms with Crippen LogP contribution in [-0.2, 0) is 10.3 Å². The fourth-order valence-corrected chi connectivity index (χ4v) is 3.00. The third-order valence-electron chi connectivity index (χ3n) is 3.69. The number of amides is 1. The van der Waals surface area contributed by atoms with Crippen LogP contribution in [0.2, 0.25) is 0 Å². The molecule has 2 aromatic rings. The monoisotopic (exact) mass is 376 g/mol. The van der Waals surface area contributed by atoms with E-state index in [1.165, 1.54) is 17.0 Å². The Morgan fingerprint density at radius 2 is 1.87 bits per heavy atom. The maximum absolute atomic E-state index is 12.5. The van der Waals surface area contributed by atoms with Crippen molar-refractivity contribution in [3.8, 4) is 0 Å². The lowest BCUT2D eigenvalue weighted by atomic mass is 9.94. The maximum atomic E-state index is 12.5. The summed E-state index contributed by atoms with van der Waals surface area (Å²) < 4.78 is 6.12. The molecule has 0 saturated heterocycles. The highest BCUT2D eigenvalue weighted by atomic mass is 79.9. The fraction of sp³-hybridized carbons (Fsp3) is 0.188. The molecule has 0 spiro atoms. The molecule has 7 heteroatoms. The highest BCUT2D eigenvalue weighted by Crippen LogP contribution is 2.45. The van der Waals surface area contributed by atoms with Gasteiger partial charge in [-0.3, -0.25) is 10.1 Å². The summed E-state index contributed by atoms with van der Waals surface area (Å²) in [6.45, 7) is 3.58. The quantitative estimate of drug-likeness (QED) is 0.552. The first kappa shape index (κ1) is 15.5. The number of halogens is 1. The lowest BCUT2D eigenvalue weighted by Crippen LogP contribution is -2.41. The molecule has 1 aliphatic heterocycles. The summed E-state index contributed by atoms with van der Waals surface area (Å²) in [6, 6.07) is 11.7. The second-order valence-electron chi connectivity index (χ2n) is 5.62. The van der Waals surface area contributed by atoms with E-state index in [0.29, 0.717) is 10.2 Å². The summed E-state index contributed by atoms with van der Waals surface area (Å²) in [5.74, 6) is 0. The highest BCUT2D eigenvalue weighted by Gasteiger charge is 2.40. The van der Waals surface area contributed by atoms with Crippen LogP contribution in [0.4, 0.5) is 21.9 Å². The van der Waals surface area contributed by atoms with Crippen LogP contribution >= 0.6 is 15.9 Å². The van der Waals surface area contributed by atoms with E-state index < -0.39 is 16.6 Å². The van der Waals surface area contributed by atoms with Crippen molar-refractivity contribution < 1.29 is 14.5 Å². The van der Waals surface area contributed by atoms with E-state index in [9.17, 15) is 14.9 Å². The van der Waals surface area contributed by atoms with E-state index in [2.05, 4.69) is 15.9 Å². The average molecular weight is 377 g/mol. The molecule has 2 aromatic carbocycles. The smallest absolute Gasteiger partial charge is 0.420 e. The Labute approximate surface area is 140 Å². The number of nitrogens with zero attached hydrogens (tertiary/aromatic N) is 2. The van der Waals surface area contributed by atoms with Gasteiger partial charge in [0.25, 0.3) is 5.69 Å². The molecular weight excluding hydrogens is 364 g/mol. The van der Waals surface area contributed by atoms with Gasteiger partial charge >= 0.3 is 6.09 Å². The van der Waals surface area contributed by atoms with Crippen molar-refractivity contribution in [3.05, 3.63) is 62.6 Å². The largest absolute Gasteiger partial charge is 0.438 e. The zero-order valence-electron chi connectivity index (χ0n) is 12.4. The summed E-state index contributed by atoms with van der Waals surface area (Å²) in [5.41, 5.74) is 0.561. The minimum absolute atomic E-state index is 0.164. The molecule has 0 bridgehead atoms. The van der Waals surface area contributed by atoms with Crippen LogP contribution in [0.3, 0.4) is 0 Å². The van der Waals surface area contributed by atoms with Crippen LogP contribution in [0, 0.1) is 10.1 Å². The van der Waals surface area contributed by atoms with Gasteiger partial charge in [0.2, 0.25) is 0 Å². The predicted molar refractivity (Wildman–Crippen MR) is 88.9 cm³/mol. The topological polar surface area (TPSA) is 72.7 Å². The Morgan fingerprint density at radius 1 is 1.17 bits per heavy atom. The molecule has 0 aliphatic carbocycles. The molecule has 0 aromatic heterocycles. The van der Waals surface area contributed by atoms with Crippen LogP contribution in [-0.4, -0.2) is 11.0 Å². The Balaban J connectivity index is 2.27. The van der Waals surface area contributed by atoms with E-state index in [4.69, 9.17) is 4.74 Å². The number of nitro groups is 1. The van der Waals surface area contributed by atoms with Crippen LogP contribution in [0.25, 0.3) is 0 Å². The predicted octanol–water partition coefficient (Wildman–Crippen LogP) is 4.88. The second-order valence-corrected chi connectivity index (χ2v) is 6.54. The van der Waals surface area contributed by atoms with Gasteiger partial charge in [0.05, 0.1) is 10.6 Å². The number of hydrogen-bond acceptors (Lipinski definition) is 4. The molecule has 0 N–H and O–H groups in total. The minimum Gasteiger partial charge on any atom is -0.438 e. The summed E-state index contributed by atoms with van der Waals surface area (Å²) in [6.07, 6.45) is -0.644. The SMILES string of the molecule is CC1(C)OC(=O)N(c2cc(Br)ccc2[N+](=O)[O-])c2ccccc21. The first-order valence-electron chi connectivity index (χ1n) is 6.88. The molecule has 1 amide bonds. The number of carbonyl (C=O) groups excluding carboxylic acids is 1. The number of benzene rings is 2. The van der Waals surface area contributed by atoms with Gasteiger partial charge in [-0.25, -0.2) is 9.69 Å². The molecular formula is C16H13BrN2O4. The number of cyclic esters (lactones) is 1. The number of carbonyl (C=O) groups is 1. The summed E-state index contributed by atoms with van der Waals surface area (Å²) in [7, 11) is 0. The van der Waals surface area contributed by atoms with Crippen molar-refractivity contribution >= 4 is 39.1 Å². The van der Waals surface area contributed by atoms with Gasteiger partial charge in [-0.05, 0) is 32.0 Å². The Hall–Kier alpha value is -2.41. The second kappa shape index (κ2) is 5.34.